The van der Waals surface area contributed by atoms with Crippen molar-refractivity contribution in [1.29, 1.82) is 5.26 Å². The minimum absolute atomic E-state index is 0.0263. The largest absolute Gasteiger partial charge is 0.299 e. The minimum atomic E-state index is -1.83. The molecular formula is C19H22N2O4S. The Labute approximate surface area is 155 Å². The first-order valence-corrected chi connectivity index (χ1v) is 9.85. The van der Waals surface area contributed by atoms with Crippen LogP contribution in [0.1, 0.15) is 44.2 Å². The van der Waals surface area contributed by atoms with Gasteiger partial charge in [0.05, 0.1) is 5.75 Å². The molecule has 26 heavy (non-hydrogen) atoms. The lowest BCUT2D eigenvalue weighted by molar-refractivity contribution is -0.197. The van der Waals surface area contributed by atoms with Gasteiger partial charge in [0.25, 0.3) is 0 Å². The van der Waals surface area contributed by atoms with E-state index in [1.54, 1.807) is 12.1 Å². The number of nitriles is 1. The molecule has 2 bridgehead atoms. The van der Waals surface area contributed by atoms with Crippen molar-refractivity contribution >= 4 is 22.6 Å². The van der Waals surface area contributed by atoms with E-state index in [0.29, 0.717) is 17.9 Å². The lowest BCUT2D eigenvalue weighted by Crippen LogP contribution is -2.41. The molecule has 0 saturated heterocycles. The second-order valence-corrected chi connectivity index (χ2v) is 8.71. The third-order valence-electron chi connectivity index (χ3n) is 6.17. The summed E-state index contributed by atoms with van der Waals surface area (Å²) in [5.41, 5.74) is 0.855. The average Bonchev–Trinajstić information content (AvgIpc) is 2.94. The zero-order valence-electron chi connectivity index (χ0n) is 15.2. The average molecular weight is 374 g/mol. The van der Waals surface area contributed by atoms with E-state index in [1.165, 1.54) is 0 Å². The summed E-state index contributed by atoms with van der Waals surface area (Å²) in [6, 6.07) is 9.12. The molecular weight excluding hydrogens is 352 g/mol. The van der Waals surface area contributed by atoms with E-state index in [-0.39, 0.29) is 22.7 Å². The second-order valence-electron chi connectivity index (χ2n) is 7.68. The molecule has 1 aromatic carbocycles. The monoisotopic (exact) mass is 374 g/mol. The van der Waals surface area contributed by atoms with Crippen LogP contribution in [0.5, 0.6) is 0 Å². The van der Waals surface area contributed by atoms with E-state index >= 15 is 0 Å². The van der Waals surface area contributed by atoms with Crippen LogP contribution >= 0.6 is 0 Å². The molecule has 0 aromatic heterocycles. The van der Waals surface area contributed by atoms with Gasteiger partial charge in [0.15, 0.2) is 5.71 Å². The van der Waals surface area contributed by atoms with Crippen LogP contribution in [0.25, 0.3) is 0 Å². The number of fused-ring (bicyclic) bond motifs is 2. The van der Waals surface area contributed by atoms with Crippen LogP contribution in [-0.2, 0) is 25.2 Å². The number of benzene rings is 1. The van der Waals surface area contributed by atoms with Gasteiger partial charge < -0.3 is 0 Å². The summed E-state index contributed by atoms with van der Waals surface area (Å²) in [4.78, 5) is 17.2. The first-order chi connectivity index (χ1) is 12.3. The molecule has 6 nitrogen and oxygen atoms in total. The van der Waals surface area contributed by atoms with E-state index in [2.05, 4.69) is 19.0 Å². The Bertz CT molecular complexity index is 810. The number of carbonyl (C=O) groups excluding carboxylic acids is 1. The van der Waals surface area contributed by atoms with E-state index in [0.717, 1.165) is 18.4 Å². The molecule has 2 aliphatic rings. The summed E-state index contributed by atoms with van der Waals surface area (Å²) in [5, 5.41) is 12.8. The van der Waals surface area contributed by atoms with Crippen molar-refractivity contribution in [2.45, 2.75) is 40.0 Å². The molecule has 0 N–H and O–H groups in total. The van der Waals surface area contributed by atoms with E-state index < -0.39 is 16.5 Å². The number of ketones is 1. The molecule has 0 spiro atoms. The first kappa shape index (κ1) is 18.7. The van der Waals surface area contributed by atoms with Gasteiger partial charge in [-0.05, 0) is 36.3 Å². The molecule has 138 valence electrons. The van der Waals surface area contributed by atoms with Gasteiger partial charge in [-0.3, -0.25) is 4.79 Å². The maximum Gasteiger partial charge on any atom is 0.203 e. The summed E-state index contributed by atoms with van der Waals surface area (Å²) in [7, 11) is 0. The second kappa shape index (κ2) is 6.93. The standard InChI is InChI=1S/C19H22N2O4S/c1-13-4-6-14(7-5-13)16(11-20)21-24-25-26(23)12-19-9-8-15(10-17(19)22)18(19,2)3/h4-7,15H,8-10,12H2,1-3H3/b21-16-. The number of aryl methyl sites for hydroxylation is 1. The lowest BCUT2D eigenvalue weighted by atomic mass is 9.70. The van der Waals surface area contributed by atoms with Crippen molar-refractivity contribution in [3.8, 4) is 6.07 Å². The highest BCUT2D eigenvalue weighted by Crippen LogP contribution is 2.64. The highest BCUT2D eigenvalue weighted by atomic mass is 32.2. The highest BCUT2D eigenvalue weighted by molar-refractivity contribution is 7.80. The number of carbonyl (C=O) groups is 1. The summed E-state index contributed by atoms with van der Waals surface area (Å²) in [6.07, 6.45) is 2.25. The summed E-state index contributed by atoms with van der Waals surface area (Å²) in [5.74, 6) is 0.603. The van der Waals surface area contributed by atoms with Gasteiger partial charge >= 0.3 is 0 Å². The molecule has 1 aromatic rings. The number of hydrogen-bond acceptors (Lipinski definition) is 6. The summed E-state index contributed by atoms with van der Waals surface area (Å²) in [6.45, 7) is 6.07. The zero-order chi connectivity index (χ0) is 18.9. The van der Waals surface area contributed by atoms with E-state index in [4.69, 9.17) is 9.32 Å². The van der Waals surface area contributed by atoms with E-state index in [9.17, 15) is 14.3 Å². The predicted molar refractivity (Wildman–Crippen MR) is 97.1 cm³/mol. The van der Waals surface area contributed by atoms with Crippen LogP contribution < -0.4 is 0 Å². The SMILES string of the molecule is Cc1ccc(/C(C#N)=N\OOS(=O)CC23CCC(CC2=O)C3(C)C)cc1. The Morgan fingerprint density at radius 1 is 1.38 bits per heavy atom. The molecule has 3 unspecified atom stereocenters. The Kier molecular flexibility index (Phi) is 5.00. The first-order valence-electron chi connectivity index (χ1n) is 8.61. The highest BCUT2D eigenvalue weighted by Gasteiger charge is 2.64. The van der Waals surface area contributed by atoms with Crippen molar-refractivity contribution in [2.75, 3.05) is 5.75 Å². The Hall–Kier alpha value is -2.04. The van der Waals surface area contributed by atoms with Crippen molar-refractivity contribution in [2.24, 2.45) is 21.9 Å². The van der Waals surface area contributed by atoms with Gasteiger partial charge in [-0.1, -0.05) is 48.0 Å². The van der Waals surface area contributed by atoms with Crippen molar-refractivity contribution in [3.63, 3.8) is 0 Å². The van der Waals surface area contributed by atoms with Gasteiger partial charge in [-0.2, -0.15) is 5.26 Å². The van der Waals surface area contributed by atoms with Crippen molar-refractivity contribution < 1.29 is 18.3 Å². The molecule has 0 aliphatic heterocycles. The molecule has 7 heteroatoms. The van der Waals surface area contributed by atoms with Crippen LogP contribution in [0.3, 0.4) is 0 Å². The normalized spacial score (nSPS) is 28.0. The van der Waals surface area contributed by atoms with Crippen LogP contribution in [-0.4, -0.2) is 21.5 Å². The van der Waals surface area contributed by atoms with Gasteiger partial charge in [0, 0.05) is 17.4 Å². The Morgan fingerprint density at radius 3 is 2.62 bits per heavy atom. The van der Waals surface area contributed by atoms with Gasteiger partial charge in [0.2, 0.25) is 11.1 Å². The van der Waals surface area contributed by atoms with Crippen molar-refractivity contribution in [3.05, 3.63) is 35.4 Å². The fraction of sp³-hybridized carbons (Fsp3) is 0.526. The molecule has 0 radical (unpaired) electrons. The third-order valence-corrected chi connectivity index (χ3v) is 7.11. The predicted octanol–water partition coefficient (Wildman–Crippen LogP) is 3.23. The van der Waals surface area contributed by atoms with Crippen molar-refractivity contribution in [1.82, 2.24) is 0 Å². The van der Waals surface area contributed by atoms with Crippen LogP contribution in [0.15, 0.2) is 29.4 Å². The smallest absolute Gasteiger partial charge is 0.203 e. The quantitative estimate of drug-likeness (QED) is 0.433. The molecule has 3 rings (SSSR count). The van der Waals surface area contributed by atoms with Crippen LogP contribution in [0.2, 0.25) is 0 Å². The molecule has 2 fully saturated rings. The maximum atomic E-state index is 12.4. The minimum Gasteiger partial charge on any atom is -0.299 e. The van der Waals surface area contributed by atoms with Crippen LogP contribution in [0, 0.1) is 35.0 Å². The maximum absolute atomic E-state index is 12.4. The van der Waals surface area contributed by atoms with Gasteiger partial charge in [-0.15, -0.1) is 0 Å². The molecule has 2 aliphatic carbocycles. The number of rotatable bonds is 6. The molecule has 0 heterocycles. The third kappa shape index (κ3) is 3.08. The number of Topliss-reactive ketones (excluding diaryl/α,β-unsaturated/α-hetero) is 1. The summed E-state index contributed by atoms with van der Waals surface area (Å²) < 4.78 is 17.2. The molecule has 2 saturated carbocycles. The summed E-state index contributed by atoms with van der Waals surface area (Å²) >= 11 is -1.83. The Balaban J connectivity index is 1.63. The fourth-order valence-corrected chi connectivity index (χ4v) is 5.50. The topological polar surface area (TPSA) is 88.8 Å². The number of nitrogens with zero attached hydrogens (tertiary/aromatic N) is 2. The van der Waals surface area contributed by atoms with Gasteiger partial charge in [-0.25, -0.2) is 9.20 Å². The van der Waals surface area contributed by atoms with Gasteiger partial charge in [0.1, 0.15) is 11.9 Å². The van der Waals surface area contributed by atoms with E-state index in [1.807, 2.05) is 25.1 Å². The molecule has 3 atom stereocenters. The molecule has 0 amide bonds. The zero-order valence-corrected chi connectivity index (χ0v) is 16.0. The Morgan fingerprint density at radius 2 is 2.08 bits per heavy atom. The number of oxime groups is 1. The fourth-order valence-electron chi connectivity index (χ4n) is 4.27. The number of hydrogen-bond donors (Lipinski definition) is 0. The van der Waals surface area contributed by atoms with Crippen LogP contribution in [0.4, 0.5) is 0 Å². The lowest BCUT2D eigenvalue weighted by Gasteiger charge is -2.35.